The summed E-state index contributed by atoms with van der Waals surface area (Å²) < 4.78 is 65.5. The molecule has 0 amide bonds. The highest BCUT2D eigenvalue weighted by atomic mass is 32.2. The third kappa shape index (κ3) is 3.44. The Kier molecular flexibility index (Phi) is 4.36. The zero-order valence-electron chi connectivity index (χ0n) is 9.44. The third-order valence-electron chi connectivity index (χ3n) is 2.26. The quantitative estimate of drug-likeness (QED) is 0.914. The van der Waals surface area contributed by atoms with Crippen LogP contribution in [0.5, 0.6) is 0 Å². The number of primary sulfonamides is 1. The van der Waals surface area contributed by atoms with Gasteiger partial charge in [0.15, 0.2) is 5.25 Å². The zero-order valence-corrected chi connectivity index (χ0v) is 10.3. The van der Waals surface area contributed by atoms with Crippen molar-refractivity contribution in [3.8, 4) is 0 Å². The molecule has 0 aliphatic carbocycles. The predicted molar refractivity (Wildman–Crippen MR) is 59.1 cm³/mol. The first-order valence-electron chi connectivity index (χ1n) is 4.83. The van der Waals surface area contributed by atoms with E-state index < -0.39 is 27.0 Å². The van der Waals surface area contributed by atoms with E-state index in [4.69, 9.17) is 4.74 Å². The number of rotatable bonds is 4. The SMILES string of the molecule is COCc1ccccc1C(C(F)(F)F)S(N)(=O)=O. The van der Waals surface area contributed by atoms with Crippen LogP contribution < -0.4 is 5.14 Å². The molecule has 1 unspecified atom stereocenters. The second kappa shape index (κ2) is 5.25. The van der Waals surface area contributed by atoms with E-state index in [2.05, 4.69) is 5.14 Å². The van der Waals surface area contributed by atoms with Crippen LogP contribution in [-0.2, 0) is 21.4 Å². The van der Waals surface area contributed by atoms with E-state index in [0.717, 1.165) is 6.07 Å². The van der Waals surface area contributed by atoms with Crippen LogP contribution in [0.1, 0.15) is 16.4 Å². The lowest BCUT2D eigenvalue weighted by Crippen LogP contribution is -2.34. The number of ether oxygens (including phenoxy) is 1. The molecular weight excluding hydrogens is 271 g/mol. The number of nitrogens with two attached hydrogens (primary N) is 1. The molecule has 0 saturated carbocycles. The smallest absolute Gasteiger partial charge is 0.380 e. The molecule has 0 aliphatic heterocycles. The molecule has 18 heavy (non-hydrogen) atoms. The molecule has 1 atom stereocenters. The van der Waals surface area contributed by atoms with Crippen LogP contribution in [-0.4, -0.2) is 21.7 Å². The predicted octanol–water partition coefficient (Wildman–Crippen LogP) is 1.72. The lowest BCUT2D eigenvalue weighted by molar-refractivity contribution is -0.131. The van der Waals surface area contributed by atoms with Crippen LogP contribution in [0, 0.1) is 0 Å². The molecule has 1 aromatic rings. The molecule has 0 radical (unpaired) electrons. The van der Waals surface area contributed by atoms with E-state index in [1.165, 1.54) is 25.3 Å². The van der Waals surface area contributed by atoms with Gasteiger partial charge in [0, 0.05) is 7.11 Å². The lowest BCUT2D eigenvalue weighted by atomic mass is 10.0. The summed E-state index contributed by atoms with van der Waals surface area (Å²) in [6.07, 6.45) is -4.97. The summed E-state index contributed by atoms with van der Waals surface area (Å²) in [5.41, 5.74) is -0.272. The van der Waals surface area contributed by atoms with Crippen molar-refractivity contribution in [3.63, 3.8) is 0 Å². The van der Waals surface area contributed by atoms with Gasteiger partial charge in [0.2, 0.25) is 10.0 Å². The maximum Gasteiger partial charge on any atom is 0.410 e. The molecule has 0 spiro atoms. The van der Waals surface area contributed by atoms with E-state index in [1.54, 1.807) is 0 Å². The van der Waals surface area contributed by atoms with Gasteiger partial charge in [-0.25, -0.2) is 13.6 Å². The Hall–Kier alpha value is -1.12. The number of benzene rings is 1. The Morgan fingerprint density at radius 1 is 1.33 bits per heavy atom. The van der Waals surface area contributed by atoms with Crippen molar-refractivity contribution in [2.45, 2.75) is 18.0 Å². The standard InChI is InChI=1S/C10H12F3NO3S/c1-17-6-7-4-2-3-5-8(7)9(10(11,12)13)18(14,15)16/h2-5,9H,6H2,1H3,(H2,14,15,16). The topological polar surface area (TPSA) is 69.4 Å². The summed E-state index contributed by atoms with van der Waals surface area (Å²) in [7, 11) is -3.50. The summed E-state index contributed by atoms with van der Waals surface area (Å²) >= 11 is 0. The average Bonchev–Trinajstić information content (AvgIpc) is 2.17. The average molecular weight is 283 g/mol. The maximum absolute atomic E-state index is 12.8. The van der Waals surface area contributed by atoms with Crippen LogP contribution in [0.2, 0.25) is 0 Å². The molecule has 0 aliphatic rings. The summed E-state index contributed by atoms with van der Waals surface area (Å²) in [5, 5.41) is 1.93. The van der Waals surface area contributed by atoms with E-state index in [-0.39, 0.29) is 12.2 Å². The van der Waals surface area contributed by atoms with Crippen molar-refractivity contribution >= 4 is 10.0 Å². The molecule has 102 valence electrons. The minimum Gasteiger partial charge on any atom is -0.380 e. The molecule has 4 nitrogen and oxygen atoms in total. The number of hydrogen-bond acceptors (Lipinski definition) is 3. The van der Waals surface area contributed by atoms with Crippen molar-refractivity contribution in [2.75, 3.05) is 7.11 Å². The molecule has 0 bridgehead atoms. The summed E-state index contributed by atoms with van der Waals surface area (Å²) in [5.74, 6) is 0. The van der Waals surface area contributed by atoms with Crippen LogP contribution >= 0.6 is 0 Å². The molecule has 0 heterocycles. The minimum atomic E-state index is -4.97. The normalized spacial score (nSPS) is 14.5. The molecule has 0 fully saturated rings. The number of alkyl halides is 3. The summed E-state index contributed by atoms with van der Waals surface area (Å²) in [6, 6.07) is 5.26. The molecular formula is C10H12F3NO3S. The highest BCUT2D eigenvalue weighted by Gasteiger charge is 2.49. The van der Waals surface area contributed by atoms with Crippen molar-refractivity contribution in [3.05, 3.63) is 35.4 Å². The highest BCUT2D eigenvalue weighted by Crippen LogP contribution is 2.39. The Morgan fingerprint density at radius 2 is 1.89 bits per heavy atom. The summed E-state index contributed by atoms with van der Waals surface area (Å²) in [6.45, 7) is -0.127. The van der Waals surface area contributed by atoms with Crippen LogP contribution in [0.15, 0.2) is 24.3 Å². The number of halogens is 3. The Morgan fingerprint density at radius 3 is 2.33 bits per heavy atom. The van der Waals surface area contributed by atoms with Gasteiger partial charge in [0.25, 0.3) is 0 Å². The highest BCUT2D eigenvalue weighted by molar-refractivity contribution is 7.89. The molecule has 0 saturated heterocycles. The zero-order chi connectivity index (χ0) is 14.0. The van der Waals surface area contributed by atoms with Gasteiger partial charge in [-0.1, -0.05) is 24.3 Å². The van der Waals surface area contributed by atoms with Crippen molar-refractivity contribution in [2.24, 2.45) is 5.14 Å². The van der Waals surface area contributed by atoms with Gasteiger partial charge < -0.3 is 4.74 Å². The first-order valence-corrected chi connectivity index (χ1v) is 6.44. The second-order valence-corrected chi connectivity index (χ2v) is 5.29. The van der Waals surface area contributed by atoms with E-state index in [0.29, 0.717) is 0 Å². The van der Waals surface area contributed by atoms with Crippen LogP contribution in [0.4, 0.5) is 13.2 Å². The van der Waals surface area contributed by atoms with Crippen molar-refractivity contribution < 1.29 is 26.3 Å². The second-order valence-electron chi connectivity index (χ2n) is 3.64. The Labute approximate surface area is 103 Å². The van der Waals surface area contributed by atoms with Gasteiger partial charge in [0.05, 0.1) is 6.61 Å². The number of methoxy groups -OCH3 is 1. The molecule has 0 aromatic heterocycles. The Bertz CT molecular complexity index is 513. The molecule has 2 N–H and O–H groups in total. The van der Waals surface area contributed by atoms with Gasteiger partial charge >= 0.3 is 6.18 Å². The first kappa shape index (κ1) is 14.9. The van der Waals surface area contributed by atoms with Gasteiger partial charge in [-0.2, -0.15) is 13.2 Å². The van der Waals surface area contributed by atoms with Crippen molar-refractivity contribution in [1.82, 2.24) is 0 Å². The minimum absolute atomic E-state index is 0.127. The van der Waals surface area contributed by atoms with Crippen LogP contribution in [0.3, 0.4) is 0 Å². The van der Waals surface area contributed by atoms with E-state index in [1.807, 2.05) is 0 Å². The van der Waals surface area contributed by atoms with Crippen LogP contribution in [0.25, 0.3) is 0 Å². The van der Waals surface area contributed by atoms with E-state index >= 15 is 0 Å². The number of sulfonamides is 1. The van der Waals surface area contributed by atoms with Crippen molar-refractivity contribution in [1.29, 1.82) is 0 Å². The third-order valence-corrected chi connectivity index (χ3v) is 3.44. The van der Waals surface area contributed by atoms with E-state index in [9.17, 15) is 21.6 Å². The fourth-order valence-electron chi connectivity index (χ4n) is 1.62. The fourth-order valence-corrected chi connectivity index (χ4v) is 2.57. The molecule has 1 rings (SSSR count). The monoisotopic (exact) mass is 283 g/mol. The molecule has 8 heteroatoms. The molecule has 1 aromatic carbocycles. The lowest BCUT2D eigenvalue weighted by Gasteiger charge is -2.21. The first-order chi connectivity index (χ1) is 8.18. The summed E-state index contributed by atoms with van der Waals surface area (Å²) in [4.78, 5) is 0. The van der Waals surface area contributed by atoms with Gasteiger partial charge in [-0.15, -0.1) is 0 Å². The van der Waals surface area contributed by atoms with Gasteiger partial charge in [0.1, 0.15) is 0 Å². The fraction of sp³-hybridized carbons (Fsp3) is 0.400. The van der Waals surface area contributed by atoms with Gasteiger partial charge in [-0.05, 0) is 11.1 Å². The maximum atomic E-state index is 12.8. The Balaban J connectivity index is 3.40. The van der Waals surface area contributed by atoms with Gasteiger partial charge in [-0.3, -0.25) is 0 Å². The number of hydrogen-bond donors (Lipinski definition) is 1. The largest absolute Gasteiger partial charge is 0.410 e.